The second-order valence-electron chi connectivity index (χ2n) is 13.7. The molecule has 8 nitrogen and oxygen atoms in total. The van der Waals surface area contributed by atoms with Crippen molar-refractivity contribution in [1.82, 2.24) is 15.2 Å². The molecule has 0 unspecified atom stereocenters. The van der Waals surface area contributed by atoms with Crippen molar-refractivity contribution in [2.45, 2.75) is 68.2 Å². The second kappa shape index (κ2) is 9.49. The summed E-state index contributed by atoms with van der Waals surface area (Å²) >= 11 is 0. The Hall–Kier alpha value is -4.01. The molecular formula is C36H39N5O3. The van der Waals surface area contributed by atoms with Gasteiger partial charge in [0.2, 0.25) is 0 Å². The molecule has 3 heterocycles. The van der Waals surface area contributed by atoms with Crippen LogP contribution in [0.1, 0.15) is 58.9 Å². The zero-order valence-corrected chi connectivity index (χ0v) is 24.9. The van der Waals surface area contributed by atoms with E-state index >= 15 is 0 Å². The zero-order valence-electron chi connectivity index (χ0n) is 24.9. The lowest BCUT2D eigenvalue weighted by molar-refractivity contribution is -0.173. The first kappa shape index (κ1) is 26.4. The normalized spacial score (nSPS) is 28.4. The van der Waals surface area contributed by atoms with E-state index in [0.717, 1.165) is 71.6 Å². The topological polar surface area (TPSA) is 119 Å². The maximum atomic E-state index is 13.1. The van der Waals surface area contributed by atoms with E-state index in [0.29, 0.717) is 31.2 Å². The Kier molecular flexibility index (Phi) is 5.70. The number of rotatable bonds is 7. The van der Waals surface area contributed by atoms with Crippen LogP contribution < -0.4 is 15.8 Å². The maximum Gasteiger partial charge on any atom is 0.188 e. The number of nitrogens with zero attached hydrogens (tertiary/aromatic N) is 2. The Labute approximate surface area is 256 Å². The number of phenols is 1. The van der Waals surface area contributed by atoms with Gasteiger partial charge in [0.15, 0.2) is 23.6 Å². The third-order valence-corrected chi connectivity index (χ3v) is 11.2. The third-order valence-electron chi connectivity index (χ3n) is 11.2. The van der Waals surface area contributed by atoms with E-state index in [-0.39, 0.29) is 17.9 Å². The van der Waals surface area contributed by atoms with Gasteiger partial charge in [0.25, 0.3) is 0 Å². The number of benzene rings is 3. The highest BCUT2D eigenvalue weighted by molar-refractivity contribution is 5.87. The number of hydrogen-bond acceptors (Lipinski definition) is 5. The van der Waals surface area contributed by atoms with Gasteiger partial charge in [-0.1, -0.05) is 42.5 Å². The molecular weight excluding hydrogens is 550 g/mol. The minimum absolute atomic E-state index is 0.0228. The van der Waals surface area contributed by atoms with E-state index in [1.54, 1.807) is 6.07 Å². The number of guanidine groups is 1. The van der Waals surface area contributed by atoms with Crippen LogP contribution in [0.3, 0.4) is 0 Å². The highest BCUT2D eigenvalue weighted by atomic mass is 16.5. The number of likely N-dealkylation sites (tertiary alicyclic amines) is 1. The van der Waals surface area contributed by atoms with Gasteiger partial charge in [-0.3, -0.25) is 4.90 Å². The Morgan fingerprint density at radius 3 is 2.82 bits per heavy atom. The lowest BCUT2D eigenvalue weighted by atomic mass is 9.49. The molecule has 3 aromatic carbocycles. The Morgan fingerprint density at radius 1 is 1.11 bits per heavy atom. The summed E-state index contributed by atoms with van der Waals surface area (Å²) in [6.07, 6.45) is 5.20. The molecule has 2 bridgehead atoms. The quantitative estimate of drug-likeness (QED) is 0.163. The molecule has 8 heteroatoms. The first-order valence-electron chi connectivity index (χ1n) is 16.1. The van der Waals surface area contributed by atoms with E-state index in [1.165, 1.54) is 24.0 Å². The fraction of sp³-hybridized carbons (Fsp3) is 0.417. The largest absolute Gasteiger partial charge is 0.504 e. The van der Waals surface area contributed by atoms with Crippen molar-refractivity contribution in [3.05, 3.63) is 94.2 Å². The van der Waals surface area contributed by atoms with Gasteiger partial charge in [0.1, 0.15) is 0 Å². The van der Waals surface area contributed by atoms with Crippen molar-refractivity contribution in [2.75, 3.05) is 19.6 Å². The number of H-pyrrole nitrogens is 1. The molecule has 44 heavy (non-hydrogen) atoms. The Morgan fingerprint density at radius 2 is 1.98 bits per heavy atom. The fourth-order valence-corrected chi connectivity index (χ4v) is 8.98. The smallest absolute Gasteiger partial charge is 0.188 e. The van der Waals surface area contributed by atoms with Crippen LogP contribution in [0.15, 0.2) is 65.7 Å². The standard InChI is InChI=1S/C36H39N5O3/c37-34(39-19-22-4-2-1-3-5-22)38-14-12-21-8-10-27-25(16-21)26-18-36(43)29-17-24-9-11-28(42)32-30(24)35(36,33(44-32)31(26)40-27)13-15-41(29)20-23-6-7-23/h1-5,8-11,16,23,29,33,40,42-43H,6-7,12-15,17-20H2,(H3,37,38,39)/t29-,33+,35+,36-/m1/s1. The average molecular weight is 590 g/mol. The SMILES string of the molecule is NC(=NCc1ccccc1)NCCc1ccc2[nH]c3c(c2c1)C[C@@]1(O)[C@H]2Cc4ccc(O)c5c4[C@@]1(CCN2CC1CC1)[C@H]3O5. The molecule has 1 spiro atoms. The summed E-state index contributed by atoms with van der Waals surface area (Å²) in [5.74, 6) is 1.94. The lowest BCUT2D eigenvalue weighted by Gasteiger charge is -2.62. The number of aliphatic imine (C=N–C) groups is 1. The molecule has 4 aromatic rings. The van der Waals surface area contributed by atoms with Crippen LogP contribution in [-0.4, -0.2) is 57.3 Å². The van der Waals surface area contributed by atoms with Crippen molar-refractivity contribution < 1.29 is 14.9 Å². The number of aromatic amines is 1. The molecule has 0 radical (unpaired) electrons. The van der Waals surface area contributed by atoms with Gasteiger partial charge in [-0.2, -0.15) is 0 Å². The first-order chi connectivity index (χ1) is 21.4. The maximum absolute atomic E-state index is 13.1. The molecule has 4 atom stereocenters. The van der Waals surface area contributed by atoms with Gasteiger partial charge < -0.3 is 31.0 Å². The van der Waals surface area contributed by atoms with Crippen LogP contribution >= 0.6 is 0 Å². The summed E-state index contributed by atoms with van der Waals surface area (Å²) in [5, 5.41) is 28.4. The van der Waals surface area contributed by atoms with Gasteiger partial charge in [0, 0.05) is 42.0 Å². The molecule has 1 saturated heterocycles. The minimum Gasteiger partial charge on any atom is -0.504 e. The summed E-state index contributed by atoms with van der Waals surface area (Å²) in [7, 11) is 0. The monoisotopic (exact) mass is 589 g/mol. The van der Waals surface area contributed by atoms with E-state index in [2.05, 4.69) is 44.5 Å². The zero-order chi connectivity index (χ0) is 29.6. The van der Waals surface area contributed by atoms with Crippen LogP contribution in [0.2, 0.25) is 0 Å². The predicted molar refractivity (Wildman–Crippen MR) is 170 cm³/mol. The number of aromatic nitrogens is 1. The predicted octanol–water partition coefficient (Wildman–Crippen LogP) is 4.22. The molecule has 6 N–H and O–H groups in total. The van der Waals surface area contributed by atoms with E-state index < -0.39 is 11.0 Å². The van der Waals surface area contributed by atoms with Gasteiger partial charge in [-0.25, -0.2) is 4.99 Å². The van der Waals surface area contributed by atoms with E-state index in [9.17, 15) is 10.2 Å². The lowest BCUT2D eigenvalue weighted by Crippen LogP contribution is -2.74. The number of aliphatic hydroxyl groups is 1. The number of nitrogens with two attached hydrogens (primary N) is 1. The number of nitrogens with one attached hydrogen (secondary N) is 2. The molecule has 0 amide bonds. The van der Waals surface area contributed by atoms with Gasteiger partial charge in [-0.05, 0) is 85.0 Å². The molecule has 2 fully saturated rings. The van der Waals surface area contributed by atoms with Gasteiger partial charge >= 0.3 is 0 Å². The summed E-state index contributed by atoms with van der Waals surface area (Å²) in [6, 6.07) is 20.5. The van der Waals surface area contributed by atoms with Crippen molar-refractivity contribution in [2.24, 2.45) is 16.6 Å². The molecule has 3 aliphatic carbocycles. The molecule has 1 aromatic heterocycles. The van der Waals surface area contributed by atoms with Crippen molar-refractivity contribution in [1.29, 1.82) is 0 Å². The summed E-state index contributed by atoms with van der Waals surface area (Å²) in [4.78, 5) is 10.8. The molecule has 226 valence electrons. The summed E-state index contributed by atoms with van der Waals surface area (Å²) < 4.78 is 6.74. The van der Waals surface area contributed by atoms with E-state index in [1.807, 2.05) is 30.3 Å². The number of aromatic hydroxyl groups is 1. The second-order valence-corrected chi connectivity index (χ2v) is 13.7. The number of hydrogen-bond donors (Lipinski definition) is 5. The Balaban J connectivity index is 1.04. The summed E-state index contributed by atoms with van der Waals surface area (Å²) in [5.41, 5.74) is 12.5. The highest BCUT2D eigenvalue weighted by Crippen LogP contribution is 2.69. The van der Waals surface area contributed by atoms with Crippen LogP contribution in [0.5, 0.6) is 11.5 Å². The van der Waals surface area contributed by atoms with Crippen molar-refractivity contribution in [3.8, 4) is 11.5 Å². The number of fused-ring (bicyclic) bond motifs is 4. The number of ether oxygens (including phenoxy) is 1. The van der Waals surface area contributed by atoms with Crippen molar-refractivity contribution in [3.63, 3.8) is 0 Å². The van der Waals surface area contributed by atoms with Crippen LogP contribution in [0.4, 0.5) is 0 Å². The molecule has 5 aliphatic rings. The average Bonchev–Trinajstić information content (AvgIpc) is 3.67. The molecule has 9 rings (SSSR count). The first-order valence-corrected chi connectivity index (χ1v) is 16.1. The summed E-state index contributed by atoms with van der Waals surface area (Å²) in [6.45, 7) is 3.24. The third kappa shape index (κ3) is 3.73. The highest BCUT2D eigenvalue weighted by Gasteiger charge is 2.72. The van der Waals surface area contributed by atoms with Crippen LogP contribution in [0.25, 0.3) is 10.9 Å². The van der Waals surface area contributed by atoms with Crippen LogP contribution in [0, 0.1) is 5.92 Å². The van der Waals surface area contributed by atoms with Gasteiger partial charge in [-0.15, -0.1) is 0 Å². The molecule has 1 saturated carbocycles. The molecule has 2 aliphatic heterocycles. The fourth-order valence-electron chi connectivity index (χ4n) is 8.98. The minimum atomic E-state index is -0.986. The number of phenolic OH excluding ortho intramolecular Hbond substituents is 1. The Bertz CT molecular complexity index is 1810. The van der Waals surface area contributed by atoms with Crippen molar-refractivity contribution >= 4 is 16.9 Å². The van der Waals surface area contributed by atoms with Gasteiger partial charge in [0.05, 0.1) is 23.3 Å². The van der Waals surface area contributed by atoms with Crippen LogP contribution in [-0.2, 0) is 31.2 Å². The number of piperidine rings is 1. The van der Waals surface area contributed by atoms with E-state index in [4.69, 9.17) is 10.5 Å².